The van der Waals surface area contributed by atoms with Gasteiger partial charge in [-0.2, -0.15) is 0 Å². The molecule has 1 unspecified atom stereocenters. The number of benzene rings is 1. The van der Waals surface area contributed by atoms with Gasteiger partial charge >= 0.3 is 11.7 Å². The number of carboxylic acid groups (broad SMARTS) is 1. The standard InChI is InChI=1S/C27H29N3O8S/c1-27(2,25(32)33)30-24(31)22-18(14-21(39-22)23-28-10-13-37-23)29(26(30)34)15-20(38-16-8-11-36-12-9-16)17-6-4-5-7-19(17)35-3/h4-7,10,13-14,16,20H,8-9,11-12,15H2,1-3H3,(H,32,33). The van der Waals surface area contributed by atoms with Crippen molar-refractivity contribution in [3.8, 4) is 16.5 Å². The van der Waals surface area contributed by atoms with E-state index in [0.717, 1.165) is 21.5 Å². The smallest absolute Gasteiger partial charge is 0.332 e. The Kier molecular flexibility index (Phi) is 7.43. The Morgan fingerprint density at radius 2 is 2.00 bits per heavy atom. The van der Waals surface area contributed by atoms with E-state index in [1.807, 2.05) is 24.3 Å². The van der Waals surface area contributed by atoms with Crippen LogP contribution in [0.25, 0.3) is 21.0 Å². The number of hydrogen-bond acceptors (Lipinski definition) is 9. The number of thiophene rings is 1. The third-order valence-corrected chi connectivity index (χ3v) is 8.01. The molecule has 5 rings (SSSR count). The first kappa shape index (κ1) is 26.9. The van der Waals surface area contributed by atoms with Gasteiger partial charge in [-0.1, -0.05) is 18.2 Å². The summed E-state index contributed by atoms with van der Waals surface area (Å²) in [5.41, 5.74) is -2.19. The molecule has 0 spiro atoms. The number of rotatable bonds is 9. The van der Waals surface area contributed by atoms with E-state index < -0.39 is 28.9 Å². The Balaban J connectivity index is 1.72. The predicted octanol–water partition coefficient (Wildman–Crippen LogP) is 3.64. The Bertz CT molecular complexity index is 1600. The van der Waals surface area contributed by atoms with E-state index in [1.165, 1.54) is 30.9 Å². The molecule has 0 bridgehead atoms. The zero-order chi connectivity index (χ0) is 27.7. The first-order valence-corrected chi connectivity index (χ1v) is 13.3. The number of para-hydroxylation sites is 1. The number of aromatic nitrogens is 3. The highest BCUT2D eigenvalue weighted by atomic mass is 32.1. The van der Waals surface area contributed by atoms with Crippen LogP contribution >= 0.6 is 11.3 Å². The zero-order valence-electron chi connectivity index (χ0n) is 21.8. The van der Waals surface area contributed by atoms with Gasteiger partial charge < -0.3 is 23.7 Å². The van der Waals surface area contributed by atoms with Crippen LogP contribution in [0.1, 0.15) is 38.4 Å². The van der Waals surface area contributed by atoms with Gasteiger partial charge in [0.1, 0.15) is 28.4 Å². The van der Waals surface area contributed by atoms with Crippen molar-refractivity contribution in [1.82, 2.24) is 14.1 Å². The van der Waals surface area contributed by atoms with Gasteiger partial charge in [-0.15, -0.1) is 11.3 Å². The molecule has 1 aromatic carbocycles. The van der Waals surface area contributed by atoms with Crippen LogP contribution in [0.4, 0.5) is 0 Å². The number of aliphatic carboxylic acids is 1. The van der Waals surface area contributed by atoms with Crippen molar-refractivity contribution in [2.24, 2.45) is 0 Å². The first-order valence-electron chi connectivity index (χ1n) is 12.5. The molecule has 11 nitrogen and oxygen atoms in total. The molecule has 1 aliphatic heterocycles. The lowest BCUT2D eigenvalue weighted by molar-refractivity contribution is -0.146. The topological polar surface area (TPSA) is 135 Å². The Morgan fingerprint density at radius 1 is 1.26 bits per heavy atom. The van der Waals surface area contributed by atoms with E-state index in [4.69, 9.17) is 18.6 Å². The molecule has 0 radical (unpaired) electrons. The highest BCUT2D eigenvalue weighted by Gasteiger charge is 2.35. The van der Waals surface area contributed by atoms with E-state index in [-0.39, 0.29) is 17.3 Å². The number of hydrogen-bond donors (Lipinski definition) is 1. The molecular formula is C27H29N3O8S. The predicted molar refractivity (Wildman–Crippen MR) is 143 cm³/mol. The van der Waals surface area contributed by atoms with Crippen LogP contribution in [-0.4, -0.2) is 51.6 Å². The first-order chi connectivity index (χ1) is 18.7. The molecule has 4 aromatic rings. The molecule has 206 valence electrons. The maximum atomic E-state index is 14.0. The number of carboxylic acids is 1. The van der Waals surface area contributed by atoms with Gasteiger partial charge in [0.2, 0.25) is 5.89 Å². The van der Waals surface area contributed by atoms with Crippen LogP contribution in [0.15, 0.2) is 56.8 Å². The van der Waals surface area contributed by atoms with Crippen molar-refractivity contribution in [1.29, 1.82) is 0 Å². The van der Waals surface area contributed by atoms with Crippen LogP contribution in [0.2, 0.25) is 0 Å². The lowest BCUT2D eigenvalue weighted by Gasteiger charge is -2.30. The summed E-state index contributed by atoms with van der Waals surface area (Å²) in [6.45, 7) is 3.79. The van der Waals surface area contributed by atoms with Crippen LogP contribution in [0, 0.1) is 0 Å². The molecule has 1 aliphatic rings. The van der Waals surface area contributed by atoms with Crippen LogP contribution in [-0.2, 0) is 26.4 Å². The molecule has 4 heterocycles. The maximum Gasteiger partial charge on any atom is 0.332 e. The maximum absolute atomic E-state index is 14.0. The van der Waals surface area contributed by atoms with E-state index in [1.54, 1.807) is 13.2 Å². The number of carbonyl (C=O) groups is 1. The summed E-state index contributed by atoms with van der Waals surface area (Å²) in [5, 5.41) is 9.92. The number of nitrogens with zero attached hydrogens (tertiary/aromatic N) is 3. The summed E-state index contributed by atoms with van der Waals surface area (Å²) >= 11 is 1.09. The van der Waals surface area contributed by atoms with Crippen LogP contribution in [0.5, 0.6) is 5.75 Å². The highest BCUT2D eigenvalue weighted by Crippen LogP contribution is 2.34. The Labute approximate surface area is 227 Å². The lowest BCUT2D eigenvalue weighted by Crippen LogP contribution is -2.52. The summed E-state index contributed by atoms with van der Waals surface area (Å²) in [4.78, 5) is 44.5. The van der Waals surface area contributed by atoms with Gasteiger partial charge in [-0.25, -0.2) is 19.1 Å². The SMILES string of the molecule is COc1ccccc1C(Cn1c(=O)n(C(C)(C)C(=O)O)c(=O)c2sc(-c3ncco3)cc21)OC1CCOCC1. The van der Waals surface area contributed by atoms with E-state index in [9.17, 15) is 19.5 Å². The molecule has 39 heavy (non-hydrogen) atoms. The Hall–Kier alpha value is -3.74. The quantitative estimate of drug-likeness (QED) is 0.328. The number of fused-ring (bicyclic) bond motifs is 1. The minimum Gasteiger partial charge on any atom is -0.496 e. The molecule has 1 atom stereocenters. The third-order valence-electron chi connectivity index (χ3n) is 6.91. The van der Waals surface area contributed by atoms with Gasteiger partial charge in [0.05, 0.1) is 36.3 Å². The second-order valence-electron chi connectivity index (χ2n) is 9.74. The van der Waals surface area contributed by atoms with E-state index in [2.05, 4.69) is 4.98 Å². The normalized spacial score (nSPS) is 15.5. The average Bonchev–Trinajstić information content (AvgIpc) is 3.61. The van der Waals surface area contributed by atoms with Gasteiger partial charge in [0.15, 0.2) is 0 Å². The summed E-state index contributed by atoms with van der Waals surface area (Å²) < 4.78 is 25.5. The largest absolute Gasteiger partial charge is 0.496 e. The van der Waals surface area contributed by atoms with E-state index in [0.29, 0.717) is 48.1 Å². The third kappa shape index (κ3) is 5.02. The fourth-order valence-corrected chi connectivity index (χ4v) is 5.75. The van der Waals surface area contributed by atoms with Crippen molar-refractivity contribution < 1.29 is 28.5 Å². The molecular weight excluding hydrogens is 526 g/mol. The van der Waals surface area contributed by atoms with Crippen LogP contribution in [0.3, 0.4) is 0 Å². The molecule has 3 aromatic heterocycles. The van der Waals surface area contributed by atoms with Gasteiger partial charge in [-0.3, -0.25) is 9.36 Å². The van der Waals surface area contributed by atoms with Crippen molar-refractivity contribution in [2.45, 2.75) is 51.0 Å². The Morgan fingerprint density at radius 3 is 2.67 bits per heavy atom. The van der Waals surface area contributed by atoms with Gasteiger partial charge in [0.25, 0.3) is 5.56 Å². The minimum atomic E-state index is -1.81. The summed E-state index contributed by atoms with van der Waals surface area (Å²) in [6, 6.07) is 9.05. The fourth-order valence-electron chi connectivity index (χ4n) is 4.72. The second-order valence-corrected chi connectivity index (χ2v) is 10.8. The van der Waals surface area contributed by atoms with Crippen molar-refractivity contribution >= 4 is 27.5 Å². The van der Waals surface area contributed by atoms with E-state index >= 15 is 0 Å². The highest BCUT2D eigenvalue weighted by molar-refractivity contribution is 7.22. The lowest BCUT2D eigenvalue weighted by atomic mass is 10.1. The zero-order valence-corrected chi connectivity index (χ0v) is 22.6. The number of methoxy groups -OCH3 is 1. The molecule has 1 N–H and O–H groups in total. The van der Waals surface area contributed by atoms with Gasteiger partial charge in [0, 0.05) is 18.8 Å². The van der Waals surface area contributed by atoms with Gasteiger partial charge in [-0.05, 0) is 38.8 Å². The van der Waals surface area contributed by atoms with Crippen molar-refractivity contribution in [2.75, 3.05) is 20.3 Å². The monoisotopic (exact) mass is 555 g/mol. The number of ether oxygens (including phenoxy) is 3. The molecule has 0 saturated carbocycles. The molecule has 1 saturated heterocycles. The molecule has 0 aliphatic carbocycles. The molecule has 1 fully saturated rings. The average molecular weight is 556 g/mol. The summed E-state index contributed by atoms with van der Waals surface area (Å²) in [7, 11) is 1.56. The second kappa shape index (κ2) is 10.8. The number of oxazole rings is 1. The minimum absolute atomic E-state index is 0.00476. The summed E-state index contributed by atoms with van der Waals surface area (Å²) in [6.07, 6.45) is 3.51. The molecule has 0 amide bonds. The summed E-state index contributed by atoms with van der Waals surface area (Å²) in [5.74, 6) is -0.431. The van der Waals surface area contributed by atoms with Crippen LogP contribution < -0.4 is 16.0 Å². The van der Waals surface area contributed by atoms with Crippen molar-refractivity contribution in [3.05, 3.63) is 69.2 Å². The van der Waals surface area contributed by atoms with Crippen molar-refractivity contribution in [3.63, 3.8) is 0 Å². The molecule has 12 heteroatoms. The fraction of sp³-hybridized carbons (Fsp3) is 0.407.